The highest BCUT2D eigenvalue weighted by Gasteiger charge is 2.26. The number of carbonyl (C=O) groups is 1. The monoisotopic (exact) mass is 383 g/mol. The molecule has 6 heteroatoms. The Morgan fingerprint density at radius 1 is 1.00 bits per heavy atom. The number of carbonyl (C=O) groups excluding carboxylic acids is 1. The number of anilines is 2. The smallest absolute Gasteiger partial charge is 0.410 e. The van der Waals surface area contributed by atoms with Crippen LogP contribution in [0.15, 0.2) is 42.5 Å². The number of nitrogens with zero attached hydrogens (tertiary/aromatic N) is 2. The molecule has 2 aromatic carbocycles. The summed E-state index contributed by atoms with van der Waals surface area (Å²) in [6.45, 7) is 8.50. The van der Waals surface area contributed by atoms with Crippen molar-refractivity contribution < 1.29 is 14.3 Å². The molecule has 0 aliphatic carbocycles. The van der Waals surface area contributed by atoms with Crippen LogP contribution in [0.4, 0.5) is 16.2 Å². The first-order valence-electron chi connectivity index (χ1n) is 9.53. The largest absolute Gasteiger partial charge is 0.495 e. The average molecular weight is 383 g/mol. The predicted molar refractivity (Wildman–Crippen MR) is 113 cm³/mol. The summed E-state index contributed by atoms with van der Waals surface area (Å²) in [7, 11) is 1.62. The number of rotatable bonds is 3. The van der Waals surface area contributed by atoms with Gasteiger partial charge in [-0.25, -0.2) is 4.79 Å². The van der Waals surface area contributed by atoms with Crippen LogP contribution >= 0.6 is 0 Å². The van der Waals surface area contributed by atoms with E-state index in [0.29, 0.717) is 24.5 Å². The van der Waals surface area contributed by atoms with Crippen molar-refractivity contribution in [1.82, 2.24) is 4.90 Å². The highest BCUT2D eigenvalue weighted by Crippen LogP contribution is 2.31. The molecule has 0 atom stereocenters. The Bertz CT molecular complexity index is 837. The Balaban J connectivity index is 1.69. The van der Waals surface area contributed by atoms with E-state index in [1.165, 1.54) is 0 Å². The number of benzene rings is 2. The van der Waals surface area contributed by atoms with E-state index in [1.54, 1.807) is 12.0 Å². The molecule has 1 amide bonds. The molecule has 0 spiro atoms. The quantitative estimate of drug-likeness (QED) is 0.812. The molecule has 0 saturated carbocycles. The molecule has 150 valence electrons. The van der Waals surface area contributed by atoms with Crippen LogP contribution < -0.4 is 15.4 Å². The summed E-state index contributed by atoms with van der Waals surface area (Å²) in [6.07, 6.45) is -0.241. The molecule has 1 fully saturated rings. The fraction of sp³-hybridized carbons (Fsp3) is 0.409. The van der Waals surface area contributed by atoms with Gasteiger partial charge < -0.3 is 25.0 Å². The molecule has 28 heavy (non-hydrogen) atoms. The first-order valence-corrected chi connectivity index (χ1v) is 9.53. The lowest BCUT2D eigenvalue weighted by Gasteiger charge is -2.36. The van der Waals surface area contributed by atoms with E-state index in [9.17, 15) is 4.79 Å². The molecule has 1 aliphatic rings. The highest BCUT2D eigenvalue weighted by atomic mass is 16.6. The number of nitrogens with two attached hydrogens (primary N) is 1. The van der Waals surface area contributed by atoms with Crippen LogP contribution in [0.3, 0.4) is 0 Å². The van der Waals surface area contributed by atoms with Crippen molar-refractivity contribution >= 4 is 17.5 Å². The minimum absolute atomic E-state index is 0.241. The van der Waals surface area contributed by atoms with E-state index < -0.39 is 5.60 Å². The molecule has 1 heterocycles. The molecule has 0 aromatic heterocycles. The van der Waals surface area contributed by atoms with Gasteiger partial charge >= 0.3 is 6.09 Å². The number of hydrogen-bond acceptors (Lipinski definition) is 5. The van der Waals surface area contributed by atoms with Crippen LogP contribution in [0.25, 0.3) is 11.1 Å². The van der Waals surface area contributed by atoms with Crippen molar-refractivity contribution in [1.29, 1.82) is 0 Å². The molecule has 6 nitrogen and oxygen atoms in total. The number of hydrogen-bond donors (Lipinski definition) is 1. The fourth-order valence-corrected chi connectivity index (χ4v) is 3.25. The van der Waals surface area contributed by atoms with Crippen LogP contribution in [0, 0.1) is 0 Å². The van der Waals surface area contributed by atoms with Gasteiger partial charge in [-0.15, -0.1) is 0 Å². The van der Waals surface area contributed by atoms with Gasteiger partial charge in [-0.1, -0.05) is 18.2 Å². The SMILES string of the molecule is COc1cc(-c2cccc(N3CCN(C(=O)OC(C)(C)C)CC3)c2)ccc1N. The number of piperazine rings is 1. The Kier molecular flexibility index (Phi) is 5.68. The number of ether oxygens (including phenoxy) is 2. The van der Waals surface area contributed by atoms with Gasteiger partial charge in [0, 0.05) is 31.9 Å². The molecule has 2 aromatic rings. The molecule has 3 rings (SSSR count). The van der Waals surface area contributed by atoms with Gasteiger partial charge in [0.05, 0.1) is 12.8 Å². The normalized spacial score (nSPS) is 14.7. The van der Waals surface area contributed by atoms with Crippen molar-refractivity contribution in [3.63, 3.8) is 0 Å². The lowest BCUT2D eigenvalue weighted by Crippen LogP contribution is -2.50. The second-order valence-corrected chi connectivity index (χ2v) is 7.96. The molecule has 1 saturated heterocycles. The fourth-order valence-electron chi connectivity index (χ4n) is 3.25. The molecule has 1 aliphatic heterocycles. The van der Waals surface area contributed by atoms with E-state index in [0.717, 1.165) is 29.9 Å². The summed E-state index contributed by atoms with van der Waals surface area (Å²) in [5.74, 6) is 0.675. The van der Waals surface area contributed by atoms with Crippen LogP contribution in [0.2, 0.25) is 0 Å². The minimum atomic E-state index is -0.470. The summed E-state index contributed by atoms with van der Waals surface area (Å²) >= 11 is 0. The Morgan fingerprint density at radius 2 is 1.68 bits per heavy atom. The maximum Gasteiger partial charge on any atom is 0.410 e. The number of amides is 1. The lowest BCUT2D eigenvalue weighted by atomic mass is 10.0. The summed E-state index contributed by atoms with van der Waals surface area (Å²) in [6, 6.07) is 14.2. The van der Waals surface area contributed by atoms with Crippen molar-refractivity contribution in [3.05, 3.63) is 42.5 Å². The Labute approximate surface area is 166 Å². The third-order valence-corrected chi connectivity index (χ3v) is 4.71. The molecule has 0 bridgehead atoms. The zero-order valence-electron chi connectivity index (χ0n) is 17.1. The molecule has 2 N–H and O–H groups in total. The minimum Gasteiger partial charge on any atom is -0.495 e. The van der Waals surface area contributed by atoms with E-state index >= 15 is 0 Å². The second kappa shape index (κ2) is 8.00. The Morgan fingerprint density at radius 3 is 2.32 bits per heavy atom. The molecule has 0 radical (unpaired) electrons. The summed E-state index contributed by atoms with van der Waals surface area (Å²) in [5.41, 5.74) is 9.38. The summed E-state index contributed by atoms with van der Waals surface area (Å²) < 4.78 is 10.8. The first-order chi connectivity index (χ1) is 13.3. The van der Waals surface area contributed by atoms with Gasteiger partial charge in [-0.05, 0) is 56.2 Å². The van der Waals surface area contributed by atoms with Gasteiger partial charge in [0.1, 0.15) is 11.4 Å². The van der Waals surface area contributed by atoms with Crippen LogP contribution in [-0.2, 0) is 4.74 Å². The van der Waals surface area contributed by atoms with Gasteiger partial charge in [-0.2, -0.15) is 0 Å². The van der Waals surface area contributed by atoms with Crippen LogP contribution in [0.5, 0.6) is 5.75 Å². The molecular weight excluding hydrogens is 354 g/mol. The highest BCUT2D eigenvalue weighted by molar-refractivity contribution is 5.73. The first kappa shape index (κ1) is 19.9. The lowest BCUT2D eigenvalue weighted by molar-refractivity contribution is 0.0240. The number of nitrogen functional groups attached to an aromatic ring is 1. The van der Waals surface area contributed by atoms with Crippen LogP contribution in [-0.4, -0.2) is 49.9 Å². The van der Waals surface area contributed by atoms with E-state index in [4.69, 9.17) is 15.2 Å². The Hall–Kier alpha value is -2.89. The van der Waals surface area contributed by atoms with Crippen molar-refractivity contribution in [2.75, 3.05) is 43.9 Å². The summed E-state index contributed by atoms with van der Waals surface area (Å²) in [4.78, 5) is 16.3. The standard InChI is InChI=1S/C22H29N3O3/c1-22(2,3)28-21(26)25-12-10-24(11-13-25)18-7-5-6-16(14-18)17-8-9-19(23)20(15-17)27-4/h5-9,14-15H,10-13,23H2,1-4H3. The van der Waals surface area contributed by atoms with Gasteiger partial charge in [0.2, 0.25) is 0 Å². The van der Waals surface area contributed by atoms with Gasteiger partial charge in [-0.3, -0.25) is 0 Å². The van der Waals surface area contributed by atoms with E-state index in [-0.39, 0.29) is 6.09 Å². The zero-order chi connectivity index (χ0) is 20.3. The van der Waals surface area contributed by atoms with Crippen LogP contribution in [0.1, 0.15) is 20.8 Å². The van der Waals surface area contributed by atoms with Gasteiger partial charge in [0.25, 0.3) is 0 Å². The zero-order valence-corrected chi connectivity index (χ0v) is 17.1. The number of methoxy groups -OCH3 is 1. The average Bonchev–Trinajstić information content (AvgIpc) is 2.67. The van der Waals surface area contributed by atoms with E-state index in [2.05, 4.69) is 23.1 Å². The maximum atomic E-state index is 12.2. The molecular formula is C22H29N3O3. The maximum absolute atomic E-state index is 12.2. The van der Waals surface area contributed by atoms with Gasteiger partial charge in [0.15, 0.2) is 0 Å². The topological polar surface area (TPSA) is 68.0 Å². The predicted octanol–water partition coefficient (Wildman–Crippen LogP) is 4.00. The third-order valence-electron chi connectivity index (χ3n) is 4.71. The van der Waals surface area contributed by atoms with Crippen molar-refractivity contribution in [2.24, 2.45) is 0 Å². The third kappa shape index (κ3) is 4.68. The summed E-state index contributed by atoms with van der Waals surface area (Å²) in [5, 5.41) is 0. The molecule has 0 unspecified atom stereocenters. The van der Waals surface area contributed by atoms with E-state index in [1.807, 2.05) is 45.0 Å². The van der Waals surface area contributed by atoms with Crippen molar-refractivity contribution in [2.45, 2.75) is 26.4 Å². The van der Waals surface area contributed by atoms with Crippen molar-refractivity contribution in [3.8, 4) is 16.9 Å². The second-order valence-electron chi connectivity index (χ2n) is 7.96.